The molecule has 142 valence electrons. The highest BCUT2D eigenvalue weighted by Crippen LogP contribution is 2.30. The van der Waals surface area contributed by atoms with Gasteiger partial charge in [0.1, 0.15) is 23.7 Å². The summed E-state index contributed by atoms with van der Waals surface area (Å²) in [5, 5.41) is 9.00. The number of hydrogen-bond acceptors (Lipinski definition) is 6. The summed E-state index contributed by atoms with van der Waals surface area (Å²) in [5.74, 6) is 0.135. The number of hydrogen-bond donors (Lipinski definition) is 0. The normalized spacial score (nSPS) is 13.2. The van der Waals surface area contributed by atoms with Crippen molar-refractivity contribution < 1.29 is 32.2 Å². The lowest BCUT2D eigenvalue weighted by atomic mass is 10.2. The number of alkyl halides is 3. The summed E-state index contributed by atoms with van der Waals surface area (Å²) in [7, 11) is 0. The average molecular weight is 380 g/mol. The summed E-state index contributed by atoms with van der Waals surface area (Å²) < 4.78 is 53.2. The summed E-state index contributed by atoms with van der Waals surface area (Å²) >= 11 is 0. The van der Waals surface area contributed by atoms with Crippen molar-refractivity contribution in [1.29, 1.82) is 5.26 Å². The van der Waals surface area contributed by atoms with Gasteiger partial charge in [-0.05, 0) is 37.3 Å². The van der Waals surface area contributed by atoms with Gasteiger partial charge in [-0.3, -0.25) is 4.79 Å². The Morgan fingerprint density at radius 3 is 2.26 bits per heavy atom. The van der Waals surface area contributed by atoms with Crippen LogP contribution < -0.4 is 9.47 Å². The monoisotopic (exact) mass is 380 g/mol. The number of nitrogens with zero attached hydrogens (tertiary/aromatic N) is 2. The average Bonchev–Trinajstić information content (AvgIpc) is 2.60. The number of esters is 1. The summed E-state index contributed by atoms with van der Waals surface area (Å²) in [6.07, 6.45) is -5.54. The molecule has 0 N–H and O–H groups in total. The van der Waals surface area contributed by atoms with E-state index in [0.717, 1.165) is 12.1 Å². The maximum atomic E-state index is 12.5. The van der Waals surface area contributed by atoms with Gasteiger partial charge < -0.3 is 14.2 Å². The number of halogens is 3. The van der Waals surface area contributed by atoms with Crippen molar-refractivity contribution in [2.75, 3.05) is 0 Å². The Labute approximate surface area is 153 Å². The lowest BCUT2D eigenvalue weighted by molar-refractivity contribution is -0.147. The third kappa shape index (κ3) is 5.88. The van der Waals surface area contributed by atoms with Crippen LogP contribution in [0, 0.1) is 11.3 Å². The van der Waals surface area contributed by atoms with Gasteiger partial charge in [0, 0.05) is 19.2 Å². The molecular formula is C18H15F3N2O4. The van der Waals surface area contributed by atoms with E-state index in [1.807, 2.05) is 6.07 Å². The van der Waals surface area contributed by atoms with E-state index in [2.05, 4.69) is 4.98 Å². The van der Waals surface area contributed by atoms with Gasteiger partial charge in [-0.25, -0.2) is 4.98 Å². The highest BCUT2D eigenvalue weighted by molar-refractivity contribution is 5.66. The first-order valence-electron chi connectivity index (χ1n) is 7.73. The molecule has 0 amide bonds. The van der Waals surface area contributed by atoms with E-state index in [9.17, 15) is 18.0 Å². The number of nitriles is 1. The summed E-state index contributed by atoms with van der Waals surface area (Å²) in [4.78, 5) is 14.6. The molecule has 0 bridgehead atoms. The molecule has 1 aromatic carbocycles. The molecule has 1 aromatic heterocycles. The highest BCUT2D eigenvalue weighted by Gasteiger charge is 2.30. The fourth-order valence-electron chi connectivity index (χ4n) is 2.00. The second kappa shape index (κ2) is 8.40. The van der Waals surface area contributed by atoms with Gasteiger partial charge in [-0.15, -0.1) is 0 Å². The first kappa shape index (κ1) is 20.0. The maximum absolute atomic E-state index is 12.5. The van der Waals surface area contributed by atoms with Crippen LogP contribution in [0.15, 0.2) is 42.6 Å². The van der Waals surface area contributed by atoms with Crippen LogP contribution in [0.2, 0.25) is 0 Å². The van der Waals surface area contributed by atoms with Crippen LogP contribution >= 0.6 is 0 Å². The summed E-state index contributed by atoms with van der Waals surface area (Å²) in [5.41, 5.74) is -0.868. The van der Waals surface area contributed by atoms with E-state index >= 15 is 0 Å². The van der Waals surface area contributed by atoms with Crippen LogP contribution in [0.4, 0.5) is 13.2 Å². The number of carbonyl (C=O) groups excluding carboxylic acids is 1. The Bertz CT molecular complexity index is 814. The molecule has 6 nitrogen and oxygen atoms in total. The van der Waals surface area contributed by atoms with Gasteiger partial charge in [0.25, 0.3) is 0 Å². The lowest BCUT2D eigenvalue weighted by Gasteiger charge is -2.19. The maximum Gasteiger partial charge on any atom is 0.417 e. The van der Waals surface area contributed by atoms with Crippen molar-refractivity contribution >= 4 is 5.97 Å². The number of rotatable bonds is 6. The molecule has 0 aliphatic heterocycles. The quantitative estimate of drug-likeness (QED) is 0.702. The van der Waals surface area contributed by atoms with E-state index in [1.165, 1.54) is 31.2 Å². The molecule has 0 aliphatic rings. The van der Waals surface area contributed by atoms with Crippen molar-refractivity contribution in [3.63, 3.8) is 0 Å². The molecular weight excluding hydrogens is 365 g/mol. The Balaban J connectivity index is 1.99. The van der Waals surface area contributed by atoms with Crippen LogP contribution in [-0.2, 0) is 15.7 Å². The predicted octanol–water partition coefficient (Wildman–Crippen LogP) is 4.12. The largest absolute Gasteiger partial charge is 0.486 e. The fraction of sp³-hybridized carbons (Fsp3) is 0.278. The zero-order chi connectivity index (χ0) is 20.0. The minimum Gasteiger partial charge on any atom is -0.486 e. The smallest absolute Gasteiger partial charge is 0.417 e. The molecule has 2 rings (SSSR count). The first-order valence-corrected chi connectivity index (χ1v) is 7.73. The standard InChI is InChI=1S/C18H15F3N2O4/c1-11(16(9-22)26-12(2)24)25-14-4-6-15(7-5-14)27-17-8-3-13(10-23-17)18(19,20)21/h3-8,10-11,16H,1-2H3. The van der Waals surface area contributed by atoms with Crippen LogP contribution in [0.25, 0.3) is 0 Å². The number of aromatic nitrogens is 1. The predicted molar refractivity (Wildman–Crippen MR) is 87.0 cm³/mol. The number of ether oxygens (including phenoxy) is 3. The molecule has 2 unspecified atom stereocenters. The molecule has 9 heteroatoms. The molecule has 1 heterocycles. The van der Waals surface area contributed by atoms with Gasteiger partial charge in [0.15, 0.2) is 0 Å². The summed E-state index contributed by atoms with van der Waals surface area (Å²) in [6, 6.07) is 9.95. The van der Waals surface area contributed by atoms with Crippen LogP contribution in [-0.4, -0.2) is 23.2 Å². The van der Waals surface area contributed by atoms with Crippen LogP contribution in [0.1, 0.15) is 19.4 Å². The second-order valence-electron chi connectivity index (χ2n) is 5.44. The molecule has 2 aromatic rings. The molecule has 0 fully saturated rings. The minimum atomic E-state index is -4.46. The number of pyridine rings is 1. The Morgan fingerprint density at radius 2 is 1.78 bits per heavy atom. The van der Waals surface area contributed by atoms with Crippen LogP contribution in [0.5, 0.6) is 17.4 Å². The SMILES string of the molecule is CC(=O)OC(C#N)C(C)Oc1ccc(Oc2ccc(C(F)(F)F)cn2)cc1. The van der Waals surface area contributed by atoms with Gasteiger partial charge in [0.05, 0.1) is 5.56 Å². The van der Waals surface area contributed by atoms with E-state index in [0.29, 0.717) is 17.7 Å². The third-order valence-corrected chi connectivity index (χ3v) is 3.28. The van der Waals surface area contributed by atoms with Crippen molar-refractivity contribution in [1.82, 2.24) is 4.98 Å². The number of carbonyl (C=O) groups is 1. The first-order chi connectivity index (χ1) is 12.7. The minimum absolute atomic E-state index is 0.00411. The molecule has 2 atom stereocenters. The molecule has 0 saturated heterocycles. The Kier molecular flexibility index (Phi) is 6.23. The third-order valence-electron chi connectivity index (χ3n) is 3.28. The van der Waals surface area contributed by atoms with Crippen LogP contribution in [0.3, 0.4) is 0 Å². The van der Waals surface area contributed by atoms with E-state index in [-0.39, 0.29) is 5.88 Å². The fourth-order valence-corrected chi connectivity index (χ4v) is 2.00. The Morgan fingerprint density at radius 1 is 1.15 bits per heavy atom. The second-order valence-corrected chi connectivity index (χ2v) is 5.44. The molecule has 27 heavy (non-hydrogen) atoms. The molecule has 0 saturated carbocycles. The van der Waals surface area contributed by atoms with Gasteiger partial charge in [-0.1, -0.05) is 0 Å². The Hall–Kier alpha value is -3.28. The molecule has 0 spiro atoms. The molecule has 0 radical (unpaired) electrons. The van der Waals surface area contributed by atoms with Gasteiger partial charge in [-0.2, -0.15) is 18.4 Å². The van der Waals surface area contributed by atoms with E-state index in [1.54, 1.807) is 6.92 Å². The van der Waals surface area contributed by atoms with Crippen molar-refractivity contribution in [3.8, 4) is 23.4 Å². The van der Waals surface area contributed by atoms with Crippen molar-refractivity contribution in [2.24, 2.45) is 0 Å². The summed E-state index contributed by atoms with van der Waals surface area (Å²) in [6.45, 7) is 2.77. The zero-order valence-corrected chi connectivity index (χ0v) is 14.4. The van der Waals surface area contributed by atoms with Crippen molar-refractivity contribution in [2.45, 2.75) is 32.2 Å². The van der Waals surface area contributed by atoms with E-state index in [4.69, 9.17) is 19.5 Å². The molecule has 0 aliphatic carbocycles. The highest BCUT2D eigenvalue weighted by atomic mass is 19.4. The zero-order valence-electron chi connectivity index (χ0n) is 14.4. The van der Waals surface area contributed by atoms with Gasteiger partial charge >= 0.3 is 12.1 Å². The lowest BCUT2D eigenvalue weighted by Crippen LogP contribution is -2.31. The number of benzene rings is 1. The van der Waals surface area contributed by atoms with Crippen molar-refractivity contribution in [3.05, 3.63) is 48.2 Å². The topological polar surface area (TPSA) is 81.4 Å². The van der Waals surface area contributed by atoms with E-state index < -0.39 is 29.9 Å². The van der Waals surface area contributed by atoms with Gasteiger partial charge in [0.2, 0.25) is 12.0 Å².